The number of carboxylic acid groups (broad SMARTS) is 1. The number of aliphatic hydroxyl groups is 1. The van der Waals surface area contributed by atoms with Gasteiger partial charge in [-0.15, -0.1) is 11.3 Å². The molecule has 2 aliphatic rings. The standard InChI is InChI=1S/C22H27NO5S/c24-18-12-20-16(9-10-19(28-20)21-23-17(13-29-21)22(25)26)15(18)8-4-5-11-27-14-6-2-1-3-7-14/h1-3,6-7,13,15-16,18-20,24H,4-5,8-12H2,(H,25,26)/t15-,16-,18-,19-,20+/m1/s1. The van der Waals surface area contributed by atoms with Crippen LogP contribution in [0.5, 0.6) is 5.75 Å². The molecule has 5 atom stereocenters. The third-order valence-corrected chi connectivity index (χ3v) is 6.99. The second kappa shape index (κ2) is 9.24. The van der Waals surface area contributed by atoms with Crippen molar-refractivity contribution in [1.82, 2.24) is 4.98 Å². The van der Waals surface area contributed by atoms with Crippen LogP contribution in [0, 0.1) is 11.8 Å². The number of nitrogens with zero attached hydrogens (tertiary/aromatic N) is 1. The van der Waals surface area contributed by atoms with Crippen molar-refractivity contribution in [3.05, 3.63) is 46.4 Å². The Kier molecular flexibility index (Phi) is 6.47. The Morgan fingerprint density at radius 2 is 2.07 bits per heavy atom. The maximum Gasteiger partial charge on any atom is 0.355 e. The van der Waals surface area contributed by atoms with Crippen LogP contribution in [-0.4, -0.2) is 40.0 Å². The minimum absolute atomic E-state index is 0.0338. The van der Waals surface area contributed by atoms with Gasteiger partial charge in [0.1, 0.15) is 16.9 Å². The number of thiazole rings is 1. The third-order valence-electron chi connectivity index (χ3n) is 6.06. The third kappa shape index (κ3) is 4.79. The summed E-state index contributed by atoms with van der Waals surface area (Å²) in [4.78, 5) is 15.3. The number of aliphatic hydroxyl groups excluding tert-OH is 1. The highest BCUT2D eigenvalue weighted by Crippen LogP contribution is 2.47. The molecule has 1 aromatic carbocycles. The molecule has 0 bridgehead atoms. The van der Waals surface area contributed by atoms with E-state index in [1.165, 1.54) is 11.3 Å². The van der Waals surface area contributed by atoms with Crippen LogP contribution in [0.4, 0.5) is 0 Å². The lowest BCUT2D eigenvalue weighted by Gasteiger charge is -2.34. The van der Waals surface area contributed by atoms with Gasteiger partial charge in [-0.3, -0.25) is 0 Å². The zero-order chi connectivity index (χ0) is 20.2. The lowest BCUT2D eigenvalue weighted by atomic mass is 9.83. The quantitative estimate of drug-likeness (QED) is 0.622. The largest absolute Gasteiger partial charge is 0.494 e. The SMILES string of the molecule is O=C(O)c1csc([C@H]2CC[C@@H]3[C@@H](CCCCOc4ccccc4)[C@H](O)C[C@@H]3O2)n1. The zero-order valence-corrected chi connectivity index (χ0v) is 17.1. The second-order valence-corrected chi connectivity index (χ2v) is 8.79. The molecule has 6 nitrogen and oxygen atoms in total. The van der Waals surface area contributed by atoms with Crippen molar-refractivity contribution in [1.29, 1.82) is 0 Å². The Hall–Kier alpha value is -1.96. The second-order valence-electron chi connectivity index (χ2n) is 7.90. The van der Waals surface area contributed by atoms with Gasteiger partial charge in [0, 0.05) is 11.8 Å². The number of carboxylic acids is 1. The summed E-state index contributed by atoms with van der Waals surface area (Å²) >= 11 is 1.34. The minimum atomic E-state index is -1.01. The molecule has 1 saturated carbocycles. The Bertz CT molecular complexity index is 811. The highest BCUT2D eigenvalue weighted by Gasteiger charge is 2.46. The highest BCUT2D eigenvalue weighted by molar-refractivity contribution is 7.09. The summed E-state index contributed by atoms with van der Waals surface area (Å²) in [6.45, 7) is 0.690. The Labute approximate surface area is 174 Å². The van der Waals surface area contributed by atoms with E-state index >= 15 is 0 Å². The van der Waals surface area contributed by atoms with Crippen LogP contribution < -0.4 is 4.74 Å². The summed E-state index contributed by atoms with van der Waals surface area (Å²) in [5.41, 5.74) is 0.0813. The topological polar surface area (TPSA) is 88.9 Å². The van der Waals surface area contributed by atoms with E-state index in [1.54, 1.807) is 5.38 Å². The van der Waals surface area contributed by atoms with Gasteiger partial charge in [-0.05, 0) is 56.1 Å². The Morgan fingerprint density at radius 3 is 2.83 bits per heavy atom. The average molecular weight is 418 g/mol. The average Bonchev–Trinajstić information content (AvgIpc) is 3.33. The molecule has 2 N–H and O–H groups in total. The molecule has 1 saturated heterocycles. The smallest absolute Gasteiger partial charge is 0.355 e. The number of fused-ring (bicyclic) bond motifs is 1. The van der Waals surface area contributed by atoms with Gasteiger partial charge in [0.05, 0.1) is 18.8 Å². The summed E-state index contributed by atoms with van der Waals surface area (Å²) in [5, 5.41) is 21.9. The van der Waals surface area contributed by atoms with E-state index in [0.717, 1.165) is 42.9 Å². The number of ether oxygens (including phenoxy) is 2. The van der Waals surface area contributed by atoms with Crippen LogP contribution in [0.15, 0.2) is 35.7 Å². The number of hydrogen-bond acceptors (Lipinski definition) is 6. The number of carbonyl (C=O) groups is 1. The van der Waals surface area contributed by atoms with Crippen molar-refractivity contribution < 1.29 is 24.5 Å². The molecule has 4 rings (SSSR count). The van der Waals surface area contributed by atoms with E-state index in [0.29, 0.717) is 18.9 Å². The summed E-state index contributed by atoms with van der Waals surface area (Å²) < 4.78 is 12.0. The zero-order valence-electron chi connectivity index (χ0n) is 16.3. The van der Waals surface area contributed by atoms with Crippen LogP contribution in [-0.2, 0) is 4.74 Å². The molecule has 0 spiro atoms. The molecule has 0 radical (unpaired) electrons. The van der Waals surface area contributed by atoms with E-state index in [1.807, 2.05) is 30.3 Å². The number of hydrogen-bond donors (Lipinski definition) is 2. The van der Waals surface area contributed by atoms with Crippen LogP contribution in [0.3, 0.4) is 0 Å². The summed E-state index contributed by atoms with van der Waals surface area (Å²) in [5.74, 6) is 0.529. The van der Waals surface area contributed by atoms with Gasteiger partial charge in [0.15, 0.2) is 5.69 Å². The monoisotopic (exact) mass is 417 g/mol. The normalized spacial score (nSPS) is 28.8. The molecule has 1 aromatic heterocycles. The van der Waals surface area contributed by atoms with Crippen molar-refractivity contribution in [2.45, 2.75) is 56.8 Å². The van der Waals surface area contributed by atoms with Gasteiger partial charge in [-0.1, -0.05) is 18.2 Å². The molecular formula is C22H27NO5S. The van der Waals surface area contributed by atoms with Gasteiger partial charge in [-0.25, -0.2) is 9.78 Å². The molecule has 0 amide bonds. The fourth-order valence-corrected chi connectivity index (χ4v) is 5.50. The first-order chi connectivity index (χ1) is 14.1. The summed E-state index contributed by atoms with van der Waals surface area (Å²) in [6.07, 6.45) is 4.99. The lowest BCUT2D eigenvalue weighted by molar-refractivity contribution is -0.0795. The maximum atomic E-state index is 11.1. The highest BCUT2D eigenvalue weighted by atomic mass is 32.1. The van der Waals surface area contributed by atoms with Gasteiger partial charge in [-0.2, -0.15) is 0 Å². The van der Waals surface area contributed by atoms with E-state index < -0.39 is 5.97 Å². The number of rotatable bonds is 8. The maximum absolute atomic E-state index is 11.1. The number of aromatic nitrogens is 1. The molecule has 7 heteroatoms. The number of aromatic carboxylic acids is 1. The molecular weight excluding hydrogens is 390 g/mol. The molecule has 1 aliphatic heterocycles. The molecule has 156 valence electrons. The molecule has 2 heterocycles. The first kappa shape index (κ1) is 20.3. The van der Waals surface area contributed by atoms with E-state index in [2.05, 4.69) is 4.98 Å². The first-order valence-corrected chi connectivity index (χ1v) is 11.2. The van der Waals surface area contributed by atoms with Crippen LogP contribution >= 0.6 is 11.3 Å². The van der Waals surface area contributed by atoms with Crippen LogP contribution in [0.25, 0.3) is 0 Å². The Balaban J connectivity index is 1.24. The lowest BCUT2D eigenvalue weighted by Crippen LogP contribution is -2.30. The van der Waals surface area contributed by atoms with Crippen molar-refractivity contribution in [2.75, 3.05) is 6.61 Å². The van der Waals surface area contributed by atoms with Gasteiger partial charge in [0.2, 0.25) is 0 Å². The van der Waals surface area contributed by atoms with Crippen LogP contribution in [0.1, 0.15) is 60.1 Å². The van der Waals surface area contributed by atoms with Crippen LogP contribution in [0.2, 0.25) is 0 Å². The Morgan fingerprint density at radius 1 is 1.24 bits per heavy atom. The van der Waals surface area contributed by atoms with E-state index in [-0.39, 0.29) is 29.9 Å². The van der Waals surface area contributed by atoms with Gasteiger partial charge in [0.25, 0.3) is 0 Å². The van der Waals surface area contributed by atoms with Crippen molar-refractivity contribution >= 4 is 17.3 Å². The minimum Gasteiger partial charge on any atom is -0.494 e. The van der Waals surface area contributed by atoms with E-state index in [9.17, 15) is 9.90 Å². The van der Waals surface area contributed by atoms with Crippen molar-refractivity contribution in [3.63, 3.8) is 0 Å². The fraction of sp³-hybridized carbons (Fsp3) is 0.545. The predicted molar refractivity (Wildman–Crippen MR) is 109 cm³/mol. The molecule has 2 fully saturated rings. The number of para-hydroxylation sites is 1. The number of benzene rings is 1. The fourth-order valence-electron chi connectivity index (χ4n) is 4.64. The van der Waals surface area contributed by atoms with Gasteiger partial charge >= 0.3 is 5.97 Å². The molecule has 29 heavy (non-hydrogen) atoms. The summed E-state index contributed by atoms with van der Waals surface area (Å²) in [7, 11) is 0. The molecule has 0 unspecified atom stereocenters. The molecule has 2 aromatic rings. The van der Waals surface area contributed by atoms with Crippen molar-refractivity contribution in [3.8, 4) is 5.75 Å². The van der Waals surface area contributed by atoms with E-state index in [4.69, 9.17) is 14.6 Å². The summed E-state index contributed by atoms with van der Waals surface area (Å²) in [6, 6.07) is 9.83. The predicted octanol–water partition coefficient (Wildman–Crippen LogP) is 4.31. The first-order valence-electron chi connectivity index (χ1n) is 10.3. The van der Waals surface area contributed by atoms with Crippen molar-refractivity contribution in [2.24, 2.45) is 11.8 Å². The number of unbranched alkanes of at least 4 members (excludes halogenated alkanes) is 1. The van der Waals surface area contributed by atoms with Gasteiger partial charge < -0.3 is 19.7 Å². The molecule has 1 aliphatic carbocycles.